The number of carboxylic acid groups (broad SMARTS) is 1. The number of amides is 2. The zero-order chi connectivity index (χ0) is 22.7. The van der Waals surface area contributed by atoms with Gasteiger partial charge in [-0.25, -0.2) is 4.79 Å². The van der Waals surface area contributed by atoms with Crippen molar-refractivity contribution in [2.75, 3.05) is 13.2 Å². The van der Waals surface area contributed by atoms with Gasteiger partial charge in [0, 0.05) is 18.5 Å². The molecule has 2 amide bonds. The topological polar surface area (TPSA) is 125 Å². The van der Waals surface area contributed by atoms with Crippen molar-refractivity contribution < 1.29 is 29.3 Å². The van der Waals surface area contributed by atoms with Crippen molar-refractivity contribution in [2.24, 2.45) is 5.92 Å². The summed E-state index contributed by atoms with van der Waals surface area (Å²) in [6, 6.07) is 15.9. The highest BCUT2D eigenvalue weighted by Crippen LogP contribution is 2.44. The number of aliphatic hydroxyl groups is 1. The van der Waals surface area contributed by atoms with Gasteiger partial charge >= 0.3 is 12.1 Å². The van der Waals surface area contributed by atoms with Crippen molar-refractivity contribution in [1.29, 1.82) is 0 Å². The molecule has 2 aliphatic rings. The molecule has 2 aliphatic carbocycles. The fraction of sp³-hybridized carbons (Fsp3) is 0.375. The average molecular weight is 438 g/mol. The van der Waals surface area contributed by atoms with Crippen molar-refractivity contribution in [3.63, 3.8) is 0 Å². The van der Waals surface area contributed by atoms with Gasteiger partial charge in [0.15, 0.2) is 0 Å². The maximum Gasteiger partial charge on any atom is 0.407 e. The Hall–Kier alpha value is -3.39. The van der Waals surface area contributed by atoms with Crippen molar-refractivity contribution in [3.05, 3.63) is 59.7 Å². The third-order valence-electron chi connectivity index (χ3n) is 6.10. The lowest BCUT2D eigenvalue weighted by molar-refractivity contribution is -0.146. The molecule has 0 spiro atoms. The van der Waals surface area contributed by atoms with Gasteiger partial charge in [-0.1, -0.05) is 48.5 Å². The van der Waals surface area contributed by atoms with Crippen LogP contribution in [0.25, 0.3) is 11.1 Å². The molecule has 8 heteroatoms. The highest BCUT2D eigenvalue weighted by molar-refractivity contribution is 5.79. The Balaban J connectivity index is 1.20. The Morgan fingerprint density at radius 3 is 2.19 bits per heavy atom. The van der Waals surface area contributed by atoms with Gasteiger partial charge in [-0.2, -0.15) is 0 Å². The predicted octanol–water partition coefficient (Wildman–Crippen LogP) is 2.26. The van der Waals surface area contributed by atoms with E-state index in [0.29, 0.717) is 12.8 Å². The molecule has 0 saturated heterocycles. The molecular weight excluding hydrogens is 412 g/mol. The minimum atomic E-state index is -1.06. The molecule has 2 aromatic rings. The summed E-state index contributed by atoms with van der Waals surface area (Å²) < 4.78 is 5.40. The van der Waals surface area contributed by atoms with E-state index in [1.54, 1.807) is 0 Å². The number of carbonyl (C=O) groups is 3. The summed E-state index contributed by atoms with van der Waals surface area (Å²) in [6.45, 7) is 0.0510. The summed E-state index contributed by atoms with van der Waals surface area (Å²) in [5.41, 5.74) is 4.50. The molecule has 4 rings (SSSR count). The number of ether oxygens (including phenoxy) is 1. The first-order valence-corrected chi connectivity index (χ1v) is 10.7. The van der Waals surface area contributed by atoms with Crippen LogP contribution in [0.2, 0.25) is 0 Å². The standard InChI is InChI=1S/C24H26N2O6/c27-16(11-22(28)26-15-9-14(10-15)23(29)30)12-25-24(31)32-13-21-19-7-3-1-5-17(19)18-6-2-4-8-20(18)21/h1-8,14-16,21,27H,9-13H2,(H,25,31)(H,26,28)(H,29,30). The van der Waals surface area contributed by atoms with E-state index in [4.69, 9.17) is 9.84 Å². The minimum Gasteiger partial charge on any atom is -0.481 e. The summed E-state index contributed by atoms with van der Waals surface area (Å²) in [5, 5.41) is 24.1. The maximum atomic E-state index is 12.1. The molecule has 0 radical (unpaired) electrons. The number of aliphatic hydroxyl groups excluding tert-OH is 1. The van der Waals surface area contributed by atoms with Crippen molar-refractivity contribution >= 4 is 18.0 Å². The Morgan fingerprint density at radius 1 is 1.00 bits per heavy atom. The highest BCUT2D eigenvalue weighted by atomic mass is 16.5. The van der Waals surface area contributed by atoms with E-state index in [-0.39, 0.29) is 37.4 Å². The van der Waals surface area contributed by atoms with E-state index < -0.39 is 24.1 Å². The molecule has 0 bridgehead atoms. The van der Waals surface area contributed by atoms with E-state index >= 15 is 0 Å². The third-order valence-corrected chi connectivity index (χ3v) is 6.10. The minimum absolute atomic E-state index is 0.0547. The molecular formula is C24H26N2O6. The van der Waals surface area contributed by atoms with Crippen molar-refractivity contribution in [1.82, 2.24) is 10.6 Å². The van der Waals surface area contributed by atoms with Gasteiger partial charge < -0.3 is 25.6 Å². The van der Waals surface area contributed by atoms with Gasteiger partial charge in [-0.3, -0.25) is 9.59 Å². The number of alkyl carbamates (subject to hydrolysis) is 1. The zero-order valence-electron chi connectivity index (χ0n) is 17.5. The Labute approximate surface area is 185 Å². The highest BCUT2D eigenvalue weighted by Gasteiger charge is 2.35. The second kappa shape index (κ2) is 9.40. The maximum absolute atomic E-state index is 12.1. The lowest BCUT2D eigenvalue weighted by Gasteiger charge is -2.33. The summed E-state index contributed by atoms with van der Waals surface area (Å²) in [6.07, 6.45) is -1.11. The number of aliphatic carboxylic acids is 1. The third kappa shape index (κ3) is 4.75. The van der Waals surface area contributed by atoms with Gasteiger partial charge in [-0.15, -0.1) is 0 Å². The predicted molar refractivity (Wildman–Crippen MR) is 116 cm³/mol. The molecule has 1 saturated carbocycles. The summed E-state index contributed by atoms with van der Waals surface area (Å²) >= 11 is 0. The largest absolute Gasteiger partial charge is 0.481 e. The molecule has 1 atom stereocenters. The van der Waals surface area contributed by atoms with Gasteiger partial charge in [0.05, 0.1) is 18.4 Å². The molecule has 1 unspecified atom stereocenters. The quantitative estimate of drug-likeness (QED) is 0.501. The number of rotatable bonds is 8. The Kier molecular flexibility index (Phi) is 6.41. The van der Waals surface area contributed by atoms with E-state index in [2.05, 4.69) is 22.8 Å². The first kappa shape index (κ1) is 21.8. The van der Waals surface area contributed by atoms with Gasteiger partial charge in [0.1, 0.15) is 6.61 Å². The Morgan fingerprint density at radius 2 is 1.59 bits per heavy atom. The number of nitrogens with one attached hydrogen (secondary N) is 2. The number of benzene rings is 2. The normalized spacial score (nSPS) is 19.8. The number of carboxylic acids is 1. The number of hydrogen-bond acceptors (Lipinski definition) is 5. The van der Waals surface area contributed by atoms with E-state index in [1.807, 2.05) is 36.4 Å². The second-order valence-electron chi connectivity index (χ2n) is 8.34. The first-order chi connectivity index (χ1) is 15.4. The molecule has 0 heterocycles. The number of hydrogen-bond donors (Lipinski definition) is 4. The van der Waals surface area contributed by atoms with Crippen LogP contribution in [-0.4, -0.2) is 53.5 Å². The van der Waals surface area contributed by atoms with E-state index in [1.165, 1.54) is 0 Å². The Bertz CT molecular complexity index is 972. The van der Waals surface area contributed by atoms with Crippen LogP contribution in [0, 0.1) is 5.92 Å². The van der Waals surface area contributed by atoms with Crippen LogP contribution in [0.5, 0.6) is 0 Å². The van der Waals surface area contributed by atoms with Gasteiger partial charge in [0.2, 0.25) is 5.91 Å². The second-order valence-corrected chi connectivity index (χ2v) is 8.34. The van der Waals surface area contributed by atoms with Crippen LogP contribution >= 0.6 is 0 Å². The van der Waals surface area contributed by atoms with E-state index in [9.17, 15) is 19.5 Å². The lowest BCUT2D eigenvalue weighted by atomic mass is 9.80. The van der Waals surface area contributed by atoms with Crippen molar-refractivity contribution in [2.45, 2.75) is 37.3 Å². The molecule has 2 aromatic carbocycles. The molecule has 8 nitrogen and oxygen atoms in total. The number of carbonyl (C=O) groups excluding carboxylic acids is 2. The molecule has 0 aromatic heterocycles. The first-order valence-electron chi connectivity index (χ1n) is 10.7. The summed E-state index contributed by atoms with van der Waals surface area (Å²) in [5.74, 6) is -1.70. The van der Waals surface area contributed by atoms with Crippen LogP contribution in [-0.2, 0) is 14.3 Å². The van der Waals surface area contributed by atoms with Gasteiger partial charge in [0.25, 0.3) is 0 Å². The average Bonchev–Trinajstić information content (AvgIpc) is 3.06. The monoisotopic (exact) mass is 438 g/mol. The van der Waals surface area contributed by atoms with Crippen LogP contribution in [0.4, 0.5) is 4.79 Å². The van der Waals surface area contributed by atoms with E-state index in [0.717, 1.165) is 22.3 Å². The zero-order valence-corrected chi connectivity index (χ0v) is 17.5. The number of fused-ring (bicyclic) bond motifs is 3. The van der Waals surface area contributed by atoms with Crippen molar-refractivity contribution in [3.8, 4) is 11.1 Å². The molecule has 4 N–H and O–H groups in total. The summed E-state index contributed by atoms with van der Waals surface area (Å²) in [7, 11) is 0. The molecule has 32 heavy (non-hydrogen) atoms. The molecule has 0 aliphatic heterocycles. The van der Waals surface area contributed by atoms with Gasteiger partial charge in [-0.05, 0) is 35.1 Å². The van der Waals surface area contributed by atoms with Crippen LogP contribution in [0.1, 0.15) is 36.3 Å². The molecule has 1 fully saturated rings. The van der Waals surface area contributed by atoms with Crippen LogP contribution in [0.3, 0.4) is 0 Å². The van der Waals surface area contributed by atoms with Crippen LogP contribution < -0.4 is 10.6 Å². The fourth-order valence-corrected chi connectivity index (χ4v) is 4.36. The molecule has 168 valence electrons. The smallest absolute Gasteiger partial charge is 0.407 e. The lowest BCUT2D eigenvalue weighted by Crippen LogP contribution is -2.47. The summed E-state index contributed by atoms with van der Waals surface area (Å²) in [4.78, 5) is 34.9. The SMILES string of the molecule is O=C(CC(O)CNC(=O)OCC1c2ccccc2-c2ccccc21)NC1CC(C(=O)O)C1. The fourth-order valence-electron chi connectivity index (χ4n) is 4.36. The van der Waals surface area contributed by atoms with Crippen LogP contribution in [0.15, 0.2) is 48.5 Å².